The molecule has 0 fully saturated rings. The summed E-state index contributed by atoms with van der Waals surface area (Å²) in [6, 6.07) is 7.73. The molecule has 0 unspecified atom stereocenters. The zero-order valence-corrected chi connectivity index (χ0v) is 12.6. The van der Waals surface area contributed by atoms with Gasteiger partial charge in [-0.3, -0.25) is 5.41 Å². The number of nitrogens with zero attached hydrogens (tertiary/aromatic N) is 1. The van der Waals surface area contributed by atoms with E-state index in [1.54, 1.807) is 13.0 Å². The molecule has 0 spiro atoms. The number of guanidine groups is 1. The van der Waals surface area contributed by atoms with Crippen molar-refractivity contribution in [2.75, 3.05) is 19.0 Å². The minimum Gasteiger partial charge on any atom is -0.478 e. The van der Waals surface area contributed by atoms with Crippen molar-refractivity contribution in [1.82, 2.24) is 0 Å². The summed E-state index contributed by atoms with van der Waals surface area (Å²) in [6.45, 7) is 1.59. The standard InChI is InChI=1S/C12H15NO2.CH5N3.ClH/c1-9(12(14)15)8-10-4-6-11(7-5-10)13(2)3;2-1(3)4;/h4-8H,1-3H3,(H,14,15);(H5,2,3,4);1H/b9-8+;;. The highest BCUT2D eigenvalue weighted by Gasteiger charge is 2.00. The third-order valence-electron chi connectivity index (χ3n) is 2.13. The van der Waals surface area contributed by atoms with Crippen LogP contribution in [0.5, 0.6) is 0 Å². The maximum atomic E-state index is 10.6. The van der Waals surface area contributed by atoms with E-state index in [9.17, 15) is 4.79 Å². The lowest BCUT2D eigenvalue weighted by Gasteiger charge is -2.11. The van der Waals surface area contributed by atoms with E-state index >= 15 is 0 Å². The zero-order valence-electron chi connectivity index (χ0n) is 11.8. The summed E-state index contributed by atoms with van der Waals surface area (Å²) in [5.74, 6) is -1.22. The smallest absolute Gasteiger partial charge is 0.331 e. The molecular formula is C13H21ClN4O2. The number of hydrogen-bond acceptors (Lipinski definition) is 3. The number of nitrogens with one attached hydrogen (secondary N) is 1. The molecule has 0 radical (unpaired) electrons. The molecule has 0 aliphatic carbocycles. The summed E-state index contributed by atoms with van der Waals surface area (Å²) in [5, 5.41) is 14.8. The second-order valence-electron chi connectivity index (χ2n) is 4.07. The Hall–Kier alpha value is -2.21. The van der Waals surface area contributed by atoms with E-state index in [2.05, 4.69) is 11.5 Å². The Labute approximate surface area is 125 Å². The van der Waals surface area contributed by atoms with Gasteiger partial charge in [-0.05, 0) is 30.7 Å². The maximum Gasteiger partial charge on any atom is 0.331 e. The van der Waals surface area contributed by atoms with E-state index in [0.29, 0.717) is 5.57 Å². The average molecular weight is 301 g/mol. The largest absolute Gasteiger partial charge is 0.478 e. The molecule has 20 heavy (non-hydrogen) atoms. The lowest BCUT2D eigenvalue weighted by atomic mass is 10.1. The second kappa shape index (κ2) is 9.69. The number of carboxylic acid groups (broad SMARTS) is 1. The minimum atomic E-state index is -0.883. The van der Waals surface area contributed by atoms with Gasteiger partial charge >= 0.3 is 5.97 Å². The van der Waals surface area contributed by atoms with Crippen molar-refractivity contribution in [3.05, 3.63) is 35.4 Å². The molecule has 0 heterocycles. The molecule has 0 saturated carbocycles. The predicted octanol–water partition coefficient (Wildman–Crippen LogP) is 1.50. The van der Waals surface area contributed by atoms with E-state index in [0.717, 1.165) is 11.3 Å². The quantitative estimate of drug-likeness (QED) is 0.383. The molecule has 1 aromatic carbocycles. The van der Waals surface area contributed by atoms with Crippen molar-refractivity contribution in [3.8, 4) is 0 Å². The molecule has 0 saturated heterocycles. The van der Waals surface area contributed by atoms with Crippen molar-refractivity contribution >= 4 is 36.1 Å². The molecule has 1 rings (SSSR count). The number of halogens is 1. The molecule has 0 aromatic heterocycles. The summed E-state index contributed by atoms with van der Waals surface area (Å²) >= 11 is 0. The Balaban J connectivity index is 0. The van der Waals surface area contributed by atoms with Crippen molar-refractivity contribution in [2.45, 2.75) is 6.92 Å². The number of benzene rings is 1. The topological polar surface area (TPSA) is 116 Å². The van der Waals surface area contributed by atoms with Crippen LogP contribution in [0.2, 0.25) is 0 Å². The first-order valence-electron chi connectivity index (χ1n) is 5.52. The van der Waals surface area contributed by atoms with Crippen LogP contribution in [0.25, 0.3) is 6.08 Å². The third-order valence-corrected chi connectivity index (χ3v) is 2.13. The normalized spacial score (nSPS) is 9.65. The van der Waals surface area contributed by atoms with E-state index in [-0.39, 0.29) is 18.4 Å². The molecule has 0 bridgehead atoms. The van der Waals surface area contributed by atoms with Crippen molar-refractivity contribution < 1.29 is 9.90 Å². The number of rotatable bonds is 3. The summed E-state index contributed by atoms with van der Waals surface area (Å²) in [6.07, 6.45) is 1.65. The number of nitrogens with two attached hydrogens (primary N) is 2. The molecule has 0 amide bonds. The van der Waals surface area contributed by atoms with Gasteiger partial charge in [0, 0.05) is 25.4 Å². The zero-order chi connectivity index (χ0) is 15.0. The van der Waals surface area contributed by atoms with Crippen molar-refractivity contribution in [2.24, 2.45) is 11.5 Å². The van der Waals surface area contributed by atoms with Crippen LogP contribution in [0.15, 0.2) is 29.8 Å². The Morgan fingerprint density at radius 3 is 1.95 bits per heavy atom. The van der Waals surface area contributed by atoms with Gasteiger partial charge in [0.2, 0.25) is 0 Å². The Bertz CT molecular complexity index is 466. The molecule has 1 aromatic rings. The summed E-state index contributed by atoms with van der Waals surface area (Å²) < 4.78 is 0. The first-order chi connectivity index (χ1) is 8.73. The first kappa shape index (κ1) is 20.1. The van der Waals surface area contributed by atoms with E-state index in [1.807, 2.05) is 43.3 Å². The van der Waals surface area contributed by atoms with Gasteiger partial charge < -0.3 is 21.5 Å². The van der Waals surface area contributed by atoms with Gasteiger partial charge in [-0.2, -0.15) is 0 Å². The molecular weight excluding hydrogens is 280 g/mol. The van der Waals surface area contributed by atoms with Crippen LogP contribution >= 0.6 is 12.4 Å². The Morgan fingerprint density at radius 2 is 1.65 bits per heavy atom. The van der Waals surface area contributed by atoms with Crippen LogP contribution in [-0.4, -0.2) is 31.1 Å². The molecule has 0 aliphatic rings. The van der Waals surface area contributed by atoms with Crippen LogP contribution in [0, 0.1) is 5.41 Å². The second-order valence-corrected chi connectivity index (χ2v) is 4.07. The lowest BCUT2D eigenvalue weighted by molar-refractivity contribution is -0.132. The van der Waals surface area contributed by atoms with Crippen LogP contribution in [0.1, 0.15) is 12.5 Å². The fraction of sp³-hybridized carbons (Fsp3) is 0.231. The van der Waals surface area contributed by atoms with E-state index in [1.165, 1.54) is 0 Å². The van der Waals surface area contributed by atoms with Gasteiger partial charge in [0.25, 0.3) is 0 Å². The highest BCUT2D eigenvalue weighted by molar-refractivity contribution is 5.91. The summed E-state index contributed by atoms with van der Waals surface area (Å²) in [7, 11) is 3.93. The summed E-state index contributed by atoms with van der Waals surface area (Å²) in [5.41, 5.74) is 11.3. The molecule has 6 N–H and O–H groups in total. The SMILES string of the molecule is C/C(=C\c1ccc(N(C)C)cc1)C(=O)O.Cl.N=C(N)N. The van der Waals surface area contributed by atoms with Crippen LogP contribution in [0.4, 0.5) is 5.69 Å². The fourth-order valence-corrected chi connectivity index (χ4v) is 1.18. The van der Waals surface area contributed by atoms with Gasteiger partial charge in [0.15, 0.2) is 5.96 Å². The summed E-state index contributed by atoms with van der Waals surface area (Å²) in [4.78, 5) is 12.6. The number of anilines is 1. The van der Waals surface area contributed by atoms with Gasteiger partial charge in [0.1, 0.15) is 0 Å². The number of carbonyl (C=O) groups is 1. The monoisotopic (exact) mass is 300 g/mol. The Kier molecular flexibility index (Phi) is 9.74. The van der Waals surface area contributed by atoms with Gasteiger partial charge in [-0.25, -0.2) is 4.79 Å². The van der Waals surface area contributed by atoms with Gasteiger partial charge in [-0.1, -0.05) is 12.1 Å². The molecule has 0 atom stereocenters. The van der Waals surface area contributed by atoms with Crippen molar-refractivity contribution in [1.29, 1.82) is 5.41 Å². The molecule has 0 aliphatic heterocycles. The fourth-order valence-electron chi connectivity index (χ4n) is 1.18. The number of carboxylic acids is 1. The molecule has 6 nitrogen and oxygen atoms in total. The van der Waals surface area contributed by atoms with Gasteiger partial charge in [0.05, 0.1) is 0 Å². The van der Waals surface area contributed by atoms with Crippen LogP contribution in [0.3, 0.4) is 0 Å². The van der Waals surface area contributed by atoms with E-state index < -0.39 is 5.97 Å². The highest BCUT2D eigenvalue weighted by atomic mass is 35.5. The van der Waals surface area contributed by atoms with Crippen LogP contribution < -0.4 is 16.4 Å². The first-order valence-corrected chi connectivity index (χ1v) is 5.52. The predicted molar refractivity (Wildman–Crippen MR) is 85.4 cm³/mol. The average Bonchev–Trinajstić information content (AvgIpc) is 2.28. The van der Waals surface area contributed by atoms with Crippen LogP contribution in [-0.2, 0) is 4.79 Å². The molecule has 7 heteroatoms. The van der Waals surface area contributed by atoms with Gasteiger partial charge in [-0.15, -0.1) is 12.4 Å². The Morgan fingerprint density at radius 1 is 1.25 bits per heavy atom. The number of hydrogen-bond donors (Lipinski definition) is 4. The highest BCUT2D eigenvalue weighted by Crippen LogP contribution is 2.14. The van der Waals surface area contributed by atoms with E-state index in [4.69, 9.17) is 10.5 Å². The third kappa shape index (κ3) is 8.82. The van der Waals surface area contributed by atoms with Crippen molar-refractivity contribution in [3.63, 3.8) is 0 Å². The molecule has 112 valence electrons. The number of aliphatic carboxylic acids is 1. The maximum absolute atomic E-state index is 10.6. The minimum absolute atomic E-state index is 0. The lowest BCUT2D eigenvalue weighted by Crippen LogP contribution is -2.20.